The van der Waals surface area contributed by atoms with Crippen molar-refractivity contribution in [1.82, 2.24) is 9.88 Å². The maximum absolute atomic E-state index is 9.12. The third-order valence-corrected chi connectivity index (χ3v) is 3.04. The molecule has 2 rings (SSSR count). The molecule has 2 aromatic rings. The van der Waals surface area contributed by atoms with Crippen LogP contribution in [-0.4, -0.2) is 37.1 Å². The van der Waals surface area contributed by atoms with Gasteiger partial charge in [0.2, 0.25) is 17.5 Å². The fraction of sp³-hybridized carbons (Fsp3) is 0.294. The summed E-state index contributed by atoms with van der Waals surface area (Å²) in [5, 5.41) is 12.2. The first-order chi connectivity index (χ1) is 10.7. The molecule has 0 amide bonds. The van der Waals surface area contributed by atoms with E-state index in [-0.39, 0.29) is 5.69 Å². The number of nitrogens with zero attached hydrogens (tertiary/aromatic N) is 3. The van der Waals surface area contributed by atoms with Crippen LogP contribution in [0.25, 0.3) is 12.2 Å². The fourth-order valence-corrected chi connectivity index (χ4v) is 1.93. The van der Waals surface area contributed by atoms with Crippen molar-refractivity contribution in [1.29, 1.82) is 5.26 Å². The molecule has 0 spiro atoms. The Kier molecular flexibility index (Phi) is 5.75. The largest absolute Gasteiger partial charge is 0.420 e. The molecule has 114 valence electrons. The first-order valence-electron chi connectivity index (χ1n) is 7.21. The highest BCUT2D eigenvalue weighted by atomic mass is 16.4. The number of benzene rings is 1. The van der Waals surface area contributed by atoms with Crippen molar-refractivity contribution in [2.75, 3.05) is 32.5 Å². The topological polar surface area (TPSA) is 65.1 Å². The minimum atomic E-state index is 0.289. The number of nitriles is 1. The van der Waals surface area contributed by atoms with Crippen molar-refractivity contribution in [3.8, 4) is 6.07 Å². The molecule has 0 saturated heterocycles. The lowest BCUT2D eigenvalue weighted by molar-refractivity contribution is 0.404. The summed E-state index contributed by atoms with van der Waals surface area (Å²) in [7, 11) is 4.06. The highest BCUT2D eigenvalue weighted by molar-refractivity contribution is 5.67. The number of aromatic nitrogens is 1. The van der Waals surface area contributed by atoms with E-state index in [1.165, 1.54) is 0 Å². The third-order valence-electron chi connectivity index (χ3n) is 3.04. The zero-order valence-electron chi connectivity index (χ0n) is 12.9. The van der Waals surface area contributed by atoms with Gasteiger partial charge in [-0.15, -0.1) is 0 Å². The summed E-state index contributed by atoms with van der Waals surface area (Å²) in [6.45, 7) is 1.72. The Labute approximate surface area is 130 Å². The van der Waals surface area contributed by atoms with E-state index in [4.69, 9.17) is 9.68 Å². The molecule has 0 aliphatic heterocycles. The van der Waals surface area contributed by atoms with Crippen LogP contribution in [0.1, 0.15) is 23.6 Å². The number of rotatable bonds is 7. The van der Waals surface area contributed by atoms with Crippen LogP contribution in [0, 0.1) is 11.3 Å². The standard InChI is InChI=1S/C17H20N4O/c1-21(2)12-6-11-19-17-15(13-18)20-16(22-17)10-9-14-7-4-3-5-8-14/h3-5,7-10,19H,6,11-12H2,1-2H3. The lowest BCUT2D eigenvalue weighted by Gasteiger charge is -2.08. The van der Waals surface area contributed by atoms with Gasteiger partial charge in [0.15, 0.2) is 0 Å². The quantitative estimate of drug-likeness (QED) is 0.795. The van der Waals surface area contributed by atoms with Crippen LogP contribution in [-0.2, 0) is 0 Å². The Morgan fingerprint density at radius 1 is 1.27 bits per heavy atom. The number of hydrogen-bond acceptors (Lipinski definition) is 5. The maximum atomic E-state index is 9.12. The summed E-state index contributed by atoms with van der Waals surface area (Å²) >= 11 is 0. The number of hydrogen-bond donors (Lipinski definition) is 1. The Morgan fingerprint density at radius 3 is 2.73 bits per heavy atom. The summed E-state index contributed by atoms with van der Waals surface area (Å²) < 4.78 is 5.59. The Bertz CT molecular complexity index is 653. The Balaban J connectivity index is 1.99. The molecule has 0 unspecified atom stereocenters. The van der Waals surface area contributed by atoms with Gasteiger partial charge in [0.05, 0.1) is 0 Å². The van der Waals surface area contributed by atoms with Crippen molar-refractivity contribution in [2.24, 2.45) is 0 Å². The second-order valence-electron chi connectivity index (χ2n) is 5.17. The third kappa shape index (κ3) is 4.76. The van der Waals surface area contributed by atoms with Crippen LogP contribution < -0.4 is 5.32 Å². The summed E-state index contributed by atoms with van der Waals surface area (Å²) in [6, 6.07) is 11.9. The molecule has 5 heteroatoms. The van der Waals surface area contributed by atoms with Crippen LogP contribution in [0.15, 0.2) is 34.7 Å². The first kappa shape index (κ1) is 15.8. The van der Waals surface area contributed by atoms with E-state index in [0.29, 0.717) is 11.8 Å². The van der Waals surface area contributed by atoms with Crippen LogP contribution in [0.3, 0.4) is 0 Å². The smallest absolute Gasteiger partial charge is 0.232 e. The van der Waals surface area contributed by atoms with Crippen molar-refractivity contribution >= 4 is 18.0 Å². The fourth-order valence-electron chi connectivity index (χ4n) is 1.93. The molecule has 5 nitrogen and oxygen atoms in total. The van der Waals surface area contributed by atoms with Crippen LogP contribution in [0.5, 0.6) is 0 Å². The molecule has 1 aromatic heterocycles. The molecule has 0 aliphatic carbocycles. The normalized spacial score (nSPS) is 11.0. The van der Waals surface area contributed by atoms with Crippen LogP contribution >= 0.6 is 0 Å². The van der Waals surface area contributed by atoms with Gasteiger partial charge in [0.1, 0.15) is 6.07 Å². The van der Waals surface area contributed by atoms with Gasteiger partial charge in [0.25, 0.3) is 0 Å². The molecule has 22 heavy (non-hydrogen) atoms. The highest BCUT2D eigenvalue weighted by Gasteiger charge is 2.10. The summed E-state index contributed by atoms with van der Waals surface area (Å²) in [5.74, 6) is 0.865. The van der Waals surface area contributed by atoms with E-state index >= 15 is 0 Å². The molecule has 0 radical (unpaired) electrons. The molecule has 0 atom stereocenters. The molecular weight excluding hydrogens is 276 g/mol. The van der Waals surface area contributed by atoms with Gasteiger partial charge in [-0.25, -0.2) is 0 Å². The molecule has 1 N–H and O–H groups in total. The monoisotopic (exact) mass is 296 g/mol. The zero-order chi connectivity index (χ0) is 15.8. The lowest BCUT2D eigenvalue weighted by atomic mass is 10.2. The zero-order valence-corrected chi connectivity index (χ0v) is 12.9. The molecule has 0 bridgehead atoms. The Morgan fingerprint density at radius 2 is 2.05 bits per heavy atom. The maximum Gasteiger partial charge on any atom is 0.232 e. The molecule has 1 heterocycles. The molecule has 0 saturated carbocycles. The molecule has 0 fully saturated rings. The first-order valence-corrected chi connectivity index (χ1v) is 7.21. The van der Waals surface area contributed by atoms with Gasteiger partial charge < -0.3 is 14.6 Å². The number of nitrogens with one attached hydrogen (secondary N) is 1. The predicted molar refractivity (Wildman–Crippen MR) is 88.2 cm³/mol. The van der Waals surface area contributed by atoms with Gasteiger partial charge in [-0.05, 0) is 38.7 Å². The summed E-state index contributed by atoms with van der Waals surface area (Å²) in [5.41, 5.74) is 1.34. The van der Waals surface area contributed by atoms with Crippen molar-refractivity contribution in [3.05, 3.63) is 47.5 Å². The number of oxazole rings is 1. The van der Waals surface area contributed by atoms with Crippen LogP contribution in [0.4, 0.5) is 5.88 Å². The van der Waals surface area contributed by atoms with Gasteiger partial charge in [-0.1, -0.05) is 30.3 Å². The van der Waals surface area contributed by atoms with Gasteiger partial charge >= 0.3 is 0 Å². The van der Waals surface area contributed by atoms with Crippen molar-refractivity contribution in [2.45, 2.75) is 6.42 Å². The average molecular weight is 296 g/mol. The van der Waals surface area contributed by atoms with Crippen LogP contribution in [0.2, 0.25) is 0 Å². The minimum absolute atomic E-state index is 0.289. The van der Waals surface area contributed by atoms with E-state index in [1.54, 1.807) is 6.08 Å². The average Bonchev–Trinajstić information content (AvgIpc) is 2.93. The predicted octanol–water partition coefficient (Wildman–Crippen LogP) is 3.08. The van der Waals surface area contributed by atoms with Gasteiger partial charge in [-0.2, -0.15) is 10.2 Å². The Hall–Kier alpha value is -2.58. The van der Waals surface area contributed by atoms with Crippen molar-refractivity contribution in [3.63, 3.8) is 0 Å². The molecule has 0 aliphatic rings. The molecule has 1 aromatic carbocycles. The highest BCUT2D eigenvalue weighted by Crippen LogP contribution is 2.18. The second-order valence-corrected chi connectivity index (χ2v) is 5.17. The lowest BCUT2D eigenvalue weighted by Crippen LogP contribution is -2.16. The number of anilines is 1. The minimum Gasteiger partial charge on any atom is -0.420 e. The van der Waals surface area contributed by atoms with Gasteiger partial charge in [-0.3, -0.25) is 0 Å². The van der Waals surface area contributed by atoms with E-state index in [9.17, 15) is 0 Å². The molecular formula is C17H20N4O. The van der Waals surface area contributed by atoms with E-state index < -0.39 is 0 Å². The van der Waals surface area contributed by atoms with E-state index in [2.05, 4.69) is 21.3 Å². The second kappa shape index (κ2) is 8.01. The van der Waals surface area contributed by atoms with Crippen molar-refractivity contribution < 1.29 is 4.42 Å². The summed E-state index contributed by atoms with van der Waals surface area (Å²) in [6.07, 6.45) is 4.64. The van der Waals surface area contributed by atoms with E-state index in [0.717, 1.165) is 25.1 Å². The van der Waals surface area contributed by atoms with E-state index in [1.807, 2.05) is 50.5 Å². The SMILES string of the molecule is CN(C)CCCNc1oc(C=Cc2ccccc2)nc1C#N. The summed E-state index contributed by atoms with van der Waals surface area (Å²) in [4.78, 5) is 6.28. The van der Waals surface area contributed by atoms with Gasteiger partial charge in [0, 0.05) is 12.6 Å².